The van der Waals surface area contributed by atoms with Crippen LogP contribution in [0.1, 0.15) is 83.1 Å². The first kappa shape index (κ1) is 31.0. The van der Waals surface area contributed by atoms with E-state index in [0.717, 1.165) is 5.75 Å². The van der Waals surface area contributed by atoms with Crippen molar-refractivity contribution in [3.8, 4) is 0 Å². The molecule has 0 heterocycles. The largest absolute Gasteiger partial charge is 0.376 e. The molecule has 0 spiro atoms. The molecule has 0 aliphatic rings. The van der Waals surface area contributed by atoms with Crippen LogP contribution < -0.4 is 21.3 Å². The summed E-state index contributed by atoms with van der Waals surface area (Å²) >= 11 is 1.68. The number of carbonyl (C=O) groups excluding carboxylic acids is 2. The highest BCUT2D eigenvalue weighted by atomic mass is 32.2. The quantitative estimate of drug-likeness (QED) is 0.468. The van der Waals surface area contributed by atoms with Crippen LogP contribution in [0, 0.1) is 0 Å². The molecule has 0 fully saturated rings. The van der Waals surface area contributed by atoms with Gasteiger partial charge in [0, 0.05) is 27.9 Å². The first-order valence-electron chi connectivity index (χ1n) is 10.4. The van der Waals surface area contributed by atoms with Gasteiger partial charge in [0.2, 0.25) is 5.91 Å². The number of rotatable bonds is 6. The molecule has 7 heteroatoms. The van der Waals surface area contributed by atoms with Gasteiger partial charge in [-0.1, -0.05) is 6.58 Å². The molecule has 30 heavy (non-hydrogen) atoms. The fourth-order valence-electron chi connectivity index (χ4n) is 2.25. The normalized spacial score (nSPS) is 13.5. The molecular weight excluding hydrogens is 396 g/mol. The molecule has 0 saturated carbocycles. The third-order valence-corrected chi connectivity index (χ3v) is 3.71. The second-order valence-electron chi connectivity index (χ2n) is 11.7. The van der Waals surface area contributed by atoms with Gasteiger partial charge in [-0.05, 0) is 89.3 Å². The van der Waals surface area contributed by atoms with Crippen LogP contribution >= 0.6 is 11.8 Å². The zero-order valence-corrected chi connectivity index (χ0v) is 22.5. The van der Waals surface area contributed by atoms with E-state index in [-0.39, 0.29) is 40.0 Å². The topological polar surface area (TPSA) is 82.3 Å². The molecule has 1 atom stereocenters. The molecule has 4 N–H and O–H groups in total. The number of carbonyl (C=O) groups is 2. The summed E-state index contributed by atoms with van der Waals surface area (Å²) in [6.07, 6.45) is 2.02. The van der Waals surface area contributed by atoms with Crippen LogP contribution in [0.2, 0.25) is 0 Å². The van der Waals surface area contributed by atoms with Crippen LogP contribution in [-0.4, -0.2) is 52.0 Å². The Morgan fingerprint density at radius 1 is 0.733 bits per heavy atom. The Kier molecular flexibility index (Phi) is 12.4. The molecule has 0 aromatic carbocycles. The molecule has 0 rings (SSSR count). The van der Waals surface area contributed by atoms with Crippen molar-refractivity contribution in [3.05, 3.63) is 12.3 Å². The Balaban J connectivity index is 0. The highest BCUT2D eigenvalue weighted by Crippen LogP contribution is 2.08. The minimum Gasteiger partial charge on any atom is -0.376 e. The van der Waals surface area contributed by atoms with Crippen LogP contribution in [0.15, 0.2) is 12.3 Å². The third-order valence-electron chi connectivity index (χ3n) is 3.04. The first-order valence-corrected chi connectivity index (χ1v) is 11.8. The molecule has 2 amide bonds. The van der Waals surface area contributed by atoms with E-state index < -0.39 is 0 Å². The SMILES string of the molecule is C=C(NC(C)(C)C)C(=O)NC(C)(C)C.CSCC(NC(C)(C)C)C(=O)NC(C)(C)C. The van der Waals surface area contributed by atoms with Crippen molar-refractivity contribution in [1.29, 1.82) is 0 Å². The summed E-state index contributed by atoms with van der Waals surface area (Å²) in [7, 11) is 0. The summed E-state index contributed by atoms with van der Waals surface area (Å²) in [5, 5.41) is 12.2. The van der Waals surface area contributed by atoms with Crippen LogP contribution in [0.4, 0.5) is 0 Å². The number of amides is 2. The molecule has 0 aliphatic heterocycles. The molecule has 178 valence electrons. The lowest BCUT2D eigenvalue weighted by molar-refractivity contribution is -0.124. The summed E-state index contributed by atoms with van der Waals surface area (Å²) in [5.74, 6) is 0.725. The Morgan fingerprint density at radius 3 is 1.43 bits per heavy atom. The van der Waals surface area contributed by atoms with Crippen molar-refractivity contribution in [2.24, 2.45) is 0 Å². The number of thioether (sulfide) groups is 1. The van der Waals surface area contributed by atoms with Crippen LogP contribution in [-0.2, 0) is 9.59 Å². The minimum absolute atomic E-state index is 0.0460. The van der Waals surface area contributed by atoms with Gasteiger partial charge in [0.05, 0.1) is 11.7 Å². The van der Waals surface area contributed by atoms with Gasteiger partial charge in [0.15, 0.2) is 0 Å². The second-order valence-corrected chi connectivity index (χ2v) is 12.6. The average Bonchev–Trinajstić information content (AvgIpc) is 2.40. The fraction of sp³-hybridized carbons (Fsp3) is 0.826. The number of hydrogen-bond donors (Lipinski definition) is 4. The fourth-order valence-corrected chi connectivity index (χ4v) is 2.82. The van der Waals surface area contributed by atoms with Crippen molar-refractivity contribution >= 4 is 23.6 Å². The third kappa shape index (κ3) is 20.1. The monoisotopic (exact) mass is 444 g/mol. The van der Waals surface area contributed by atoms with Gasteiger partial charge in [-0.15, -0.1) is 0 Å². The van der Waals surface area contributed by atoms with Gasteiger partial charge in [0.1, 0.15) is 0 Å². The van der Waals surface area contributed by atoms with Crippen LogP contribution in [0.25, 0.3) is 0 Å². The van der Waals surface area contributed by atoms with Crippen LogP contribution in [0.5, 0.6) is 0 Å². The molecular formula is C23H48N4O2S. The maximum atomic E-state index is 12.0. The van der Waals surface area contributed by atoms with E-state index >= 15 is 0 Å². The summed E-state index contributed by atoms with van der Waals surface area (Å²) < 4.78 is 0. The van der Waals surface area contributed by atoms with E-state index in [1.165, 1.54) is 0 Å². The molecule has 0 bridgehead atoms. The van der Waals surface area contributed by atoms with Gasteiger partial charge in [-0.3, -0.25) is 9.59 Å². The second kappa shape index (κ2) is 12.0. The number of hydrogen-bond acceptors (Lipinski definition) is 5. The van der Waals surface area contributed by atoms with Crippen molar-refractivity contribution in [1.82, 2.24) is 21.3 Å². The highest BCUT2D eigenvalue weighted by molar-refractivity contribution is 7.98. The van der Waals surface area contributed by atoms with E-state index in [2.05, 4.69) is 48.6 Å². The Hall–Kier alpha value is -1.21. The van der Waals surface area contributed by atoms with Crippen molar-refractivity contribution < 1.29 is 9.59 Å². The zero-order chi connectivity index (χ0) is 24.6. The molecule has 6 nitrogen and oxygen atoms in total. The smallest absolute Gasteiger partial charge is 0.267 e. The maximum Gasteiger partial charge on any atom is 0.267 e. The lowest BCUT2D eigenvalue weighted by atomic mass is 10.1. The Bertz CT molecular complexity index is 536. The predicted molar refractivity (Wildman–Crippen MR) is 133 cm³/mol. The molecule has 0 aliphatic carbocycles. The van der Waals surface area contributed by atoms with Crippen molar-refractivity contribution in [2.45, 2.75) is 111 Å². The van der Waals surface area contributed by atoms with E-state index in [9.17, 15) is 9.59 Å². The lowest BCUT2D eigenvalue weighted by Gasteiger charge is -2.30. The maximum absolute atomic E-state index is 12.0. The summed E-state index contributed by atoms with van der Waals surface area (Å²) in [4.78, 5) is 23.6. The molecule has 0 radical (unpaired) electrons. The molecule has 0 aromatic rings. The minimum atomic E-state index is -0.223. The van der Waals surface area contributed by atoms with Gasteiger partial charge in [0.25, 0.3) is 5.91 Å². The van der Waals surface area contributed by atoms with E-state index in [1.54, 1.807) is 11.8 Å². The number of nitrogens with one attached hydrogen (secondary N) is 4. The van der Waals surface area contributed by atoms with E-state index in [0.29, 0.717) is 5.70 Å². The van der Waals surface area contributed by atoms with Gasteiger partial charge in [-0.25, -0.2) is 0 Å². The predicted octanol–water partition coefficient (Wildman–Crippen LogP) is 3.82. The van der Waals surface area contributed by atoms with Gasteiger partial charge < -0.3 is 21.3 Å². The lowest BCUT2D eigenvalue weighted by Crippen LogP contribution is -2.56. The van der Waals surface area contributed by atoms with Gasteiger partial charge in [-0.2, -0.15) is 11.8 Å². The van der Waals surface area contributed by atoms with Gasteiger partial charge >= 0.3 is 0 Å². The van der Waals surface area contributed by atoms with E-state index in [4.69, 9.17) is 0 Å². The first-order chi connectivity index (χ1) is 13.1. The summed E-state index contributed by atoms with van der Waals surface area (Å²) in [6, 6.07) is -0.130. The molecule has 0 aromatic heterocycles. The molecule has 1 unspecified atom stereocenters. The average molecular weight is 445 g/mol. The molecule has 0 saturated heterocycles. The van der Waals surface area contributed by atoms with Crippen LogP contribution in [0.3, 0.4) is 0 Å². The zero-order valence-electron chi connectivity index (χ0n) is 21.7. The van der Waals surface area contributed by atoms with Crippen molar-refractivity contribution in [2.75, 3.05) is 12.0 Å². The summed E-state index contributed by atoms with van der Waals surface area (Å²) in [6.45, 7) is 27.7. The highest BCUT2D eigenvalue weighted by Gasteiger charge is 2.26. The van der Waals surface area contributed by atoms with E-state index in [1.807, 2.05) is 68.6 Å². The standard InChI is InChI=1S/C12H26N2OS.C11H22N2O/c1-11(2,3)13-9(8-16-7)10(15)14-12(4,5)6;1-8(12-10(2,3)4)9(14)13-11(5,6)7/h9,13H,8H2,1-7H3,(H,14,15);12H,1H2,2-7H3,(H,13,14). The Morgan fingerprint density at radius 2 is 1.13 bits per heavy atom. The van der Waals surface area contributed by atoms with Crippen molar-refractivity contribution in [3.63, 3.8) is 0 Å². The Labute approximate surface area is 190 Å². The summed E-state index contributed by atoms with van der Waals surface area (Å²) in [5.41, 5.74) is -0.165.